The van der Waals surface area contributed by atoms with Crippen molar-refractivity contribution < 1.29 is 9.53 Å². The second-order valence-corrected chi connectivity index (χ2v) is 5.41. The van der Waals surface area contributed by atoms with E-state index < -0.39 is 0 Å². The molecule has 0 radical (unpaired) electrons. The largest absolute Gasteiger partial charge is 0.456 e. The van der Waals surface area contributed by atoms with Crippen LogP contribution >= 0.6 is 11.6 Å². The van der Waals surface area contributed by atoms with E-state index in [2.05, 4.69) is 9.88 Å². The number of hydrogen-bond acceptors (Lipinski definition) is 4. The molecule has 0 N–H and O–H groups in total. The smallest absolute Gasteiger partial charge is 0.333 e. The van der Waals surface area contributed by atoms with E-state index in [0.29, 0.717) is 17.8 Å². The second kappa shape index (κ2) is 4.85. The molecular weight excluding hydrogens is 264 g/mol. The number of hydrogen-bond donors (Lipinski definition) is 0. The standard InChI is InChI=1S/C14H15ClN2O2/c1-9-4-10(6-16-14(9)15)7-17(11-2-3-11)12-5-13(18)19-8-12/h4-6,11H,2-3,7-8H2,1H3. The summed E-state index contributed by atoms with van der Waals surface area (Å²) in [6.45, 7) is 3.08. The molecule has 3 rings (SSSR count). The van der Waals surface area contributed by atoms with E-state index in [1.165, 1.54) is 12.8 Å². The number of cyclic esters (lactones) is 1. The van der Waals surface area contributed by atoms with Crippen LogP contribution in [0.4, 0.5) is 0 Å². The number of halogens is 1. The molecule has 2 aliphatic rings. The first kappa shape index (κ1) is 12.5. The highest BCUT2D eigenvalue weighted by atomic mass is 35.5. The molecule has 0 unspecified atom stereocenters. The SMILES string of the molecule is Cc1cc(CN(C2=CC(=O)OC2)C2CC2)cnc1Cl. The minimum atomic E-state index is -0.244. The van der Waals surface area contributed by atoms with Crippen molar-refractivity contribution in [3.63, 3.8) is 0 Å². The Hall–Kier alpha value is -1.55. The highest BCUT2D eigenvalue weighted by molar-refractivity contribution is 6.30. The lowest BCUT2D eigenvalue weighted by molar-refractivity contribution is -0.135. The van der Waals surface area contributed by atoms with Crippen molar-refractivity contribution >= 4 is 17.6 Å². The van der Waals surface area contributed by atoms with Crippen molar-refractivity contribution in [3.8, 4) is 0 Å². The highest BCUT2D eigenvalue weighted by Crippen LogP contribution is 2.33. The van der Waals surface area contributed by atoms with Crippen LogP contribution in [0.5, 0.6) is 0 Å². The lowest BCUT2D eigenvalue weighted by Gasteiger charge is -2.24. The fourth-order valence-electron chi connectivity index (χ4n) is 2.28. The average molecular weight is 279 g/mol. The second-order valence-electron chi connectivity index (χ2n) is 5.05. The average Bonchev–Trinajstić information content (AvgIpc) is 3.13. The summed E-state index contributed by atoms with van der Waals surface area (Å²) in [5, 5.41) is 0.542. The van der Waals surface area contributed by atoms with Crippen LogP contribution in [0, 0.1) is 6.92 Å². The van der Waals surface area contributed by atoms with E-state index in [-0.39, 0.29) is 5.97 Å². The molecule has 4 nitrogen and oxygen atoms in total. The van der Waals surface area contributed by atoms with Crippen LogP contribution in [0.15, 0.2) is 24.0 Å². The minimum absolute atomic E-state index is 0.244. The van der Waals surface area contributed by atoms with Crippen LogP contribution in [-0.4, -0.2) is 28.5 Å². The van der Waals surface area contributed by atoms with E-state index in [4.69, 9.17) is 16.3 Å². The van der Waals surface area contributed by atoms with Crippen molar-refractivity contribution in [3.05, 3.63) is 40.3 Å². The summed E-state index contributed by atoms with van der Waals surface area (Å²) < 4.78 is 4.99. The van der Waals surface area contributed by atoms with Gasteiger partial charge in [0.05, 0.1) is 5.70 Å². The molecule has 1 fully saturated rings. The summed E-state index contributed by atoms with van der Waals surface area (Å²) in [4.78, 5) is 17.6. The molecule has 0 aromatic carbocycles. The van der Waals surface area contributed by atoms with Gasteiger partial charge in [-0.15, -0.1) is 0 Å². The van der Waals surface area contributed by atoms with Crippen LogP contribution < -0.4 is 0 Å². The van der Waals surface area contributed by atoms with Crippen LogP contribution in [0.1, 0.15) is 24.0 Å². The molecule has 0 saturated heterocycles. The van der Waals surface area contributed by atoms with E-state index in [1.54, 1.807) is 12.3 Å². The molecular formula is C14H15ClN2O2. The number of aryl methyl sites for hydroxylation is 1. The monoisotopic (exact) mass is 278 g/mol. The summed E-state index contributed by atoms with van der Waals surface area (Å²) >= 11 is 5.94. The maximum absolute atomic E-state index is 11.2. The third-order valence-corrected chi connectivity index (χ3v) is 3.82. The van der Waals surface area contributed by atoms with Gasteiger partial charge in [0.2, 0.25) is 0 Å². The van der Waals surface area contributed by atoms with Crippen molar-refractivity contribution in [2.24, 2.45) is 0 Å². The molecule has 0 spiro atoms. The molecule has 1 aliphatic carbocycles. The Labute approximate surface area is 117 Å². The highest BCUT2D eigenvalue weighted by Gasteiger charge is 2.32. The van der Waals surface area contributed by atoms with E-state index in [0.717, 1.165) is 23.4 Å². The number of aromatic nitrogens is 1. The predicted molar refractivity (Wildman–Crippen MR) is 71.6 cm³/mol. The zero-order chi connectivity index (χ0) is 13.4. The van der Waals surface area contributed by atoms with Crippen LogP contribution in [-0.2, 0) is 16.1 Å². The number of carbonyl (C=O) groups is 1. The molecule has 1 saturated carbocycles. The molecule has 100 valence electrons. The number of esters is 1. The number of rotatable bonds is 4. The first-order chi connectivity index (χ1) is 9.13. The Morgan fingerprint density at radius 3 is 2.89 bits per heavy atom. The first-order valence-electron chi connectivity index (χ1n) is 6.38. The molecule has 5 heteroatoms. The van der Waals surface area contributed by atoms with Crippen LogP contribution in [0.25, 0.3) is 0 Å². The topological polar surface area (TPSA) is 42.4 Å². The fraction of sp³-hybridized carbons (Fsp3) is 0.429. The summed E-state index contributed by atoms with van der Waals surface area (Å²) in [5.74, 6) is -0.244. The van der Waals surface area contributed by atoms with Crippen LogP contribution in [0.2, 0.25) is 5.15 Å². The molecule has 0 atom stereocenters. The van der Waals surface area contributed by atoms with Crippen molar-refractivity contribution in [1.82, 2.24) is 9.88 Å². The van der Waals surface area contributed by atoms with Crippen molar-refractivity contribution in [1.29, 1.82) is 0 Å². The quantitative estimate of drug-likeness (QED) is 0.627. The van der Waals surface area contributed by atoms with Crippen LogP contribution in [0.3, 0.4) is 0 Å². The predicted octanol–water partition coefficient (Wildman–Crippen LogP) is 2.45. The van der Waals surface area contributed by atoms with Gasteiger partial charge < -0.3 is 9.64 Å². The lowest BCUT2D eigenvalue weighted by atomic mass is 10.2. The summed E-state index contributed by atoms with van der Waals surface area (Å²) in [5.41, 5.74) is 3.05. The molecule has 1 aromatic rings. The summed E-state index contributed by atoms with van der Waals surface area (Å²) in [6.07, 6.45) is 5.73. The van der Waals surface area contributed by atoms with Gasteiger partial charge in [0.1, 0.15) is 11.8 Å². The van der Waals surface area contributed by atoms with E-state index in [9.17, 15) is 4.79 Å². The zero-order valence-electron chi connectivity index (χ0n) is 10.7. The van der Waals surface area contributed by atoms with E-state index in [1.807, 2.05) is 13.0 Å². The van der Waals surface area contributed by atoms with Gasteiger partial charge in [-0.2, -0.15) is 0 Å². The number of pyridine rings is 1. The maximum Gasteiger partial charge on any atom is 0.333 e. The third kappa shape index (κ3) is 2.73. The van der Waals surface area contributed by atoms with Gasteiger partial charge in [0.15, 0.2) is 0 Å². The zero-order valence-corrected chi connectivity index (χ0v) is 11.5. The molecule has 1 aromatic heterocycles. The molecule has 19 heavy (non-hydrogen) atoms. The Morgan fingerprint density at radius 1 is 1.53 bits per heavy atom. The van der Waals surface area contributed by atoms with Gasteiger partial charge in [-0.05, 0) is 37.0 Å². The number of carbonyl (C=O) groups excluding carboxylic acids is 1. The summed E-state index contributed by atoms with van der Waals surface area (Å²) in [6, 6.07) is 2.57. The molecule has 0 bridgehead atoms. The van der Waals surface area contributed by atoms with E-state index >= 15 is 0 Å². The normalized spacial score (nSPS) is 18.2. The Morgan fingerprint density at radius 2 is 2.32 bits per heavy atom. The van der Waals surface area contributed by atoms with Crippen molar-refractivity contribution in [2.75, 3.05) is 6.61 Å². The minimum Gasteiger partial charge on any atom is -0.456 e. The maximum atomic E-state index is 11.2. The molecule has 1 aliphatic heterocycles. The Bertz CT molecular complexity index is 552. The molecule has 2 heterocycles. The third-order valence-electron chi connectivity index (χ3n) is 3.43. The van der Waals surface area contributed by atoms with Gasteiger partial charge in [-0.1, -0.05) is 11.6 Å². The van der Waals surface area contributed by atoms with Crippen molar-refractivity contribution in [2.45, 2.75) is 32.4 Å². The number of ether oxygens (including phenoxy) is 1. The number of nitrogens with zero attached hydrogens (tertiary/aromatic N) is 2. The fourth-order valence-corrected chi connectivity index (χ4v) is 2.38. The van der Waals surface area contributed by atoms with Gasteiger partial charge in [0, 0.05) is 24.9 Å². The summed E-state index contributed by atoms with van der Waals surface area (Å²) in [7, 11) is 0. The van der Waals surface area contributed by atoms with Gasteiger partial charge >= 0.3 is 5.97 Å². The molecule has 0 amide bonds. The Kier molecular flexibility index (Phi) is 3.19. The van der Waals surface area contributed by atoms with Gasteiger partial charge in [-0.25, -0.2) is 9.78 Å². The first-order valence-corrected chi connectivity index (χ1v) is 6.76. The lowest BCUT2D eigenvalue weighted by Crippen LogP contribution is -2.25. The van der Waals surface area contributed by atoms with Gasteiger partial charge in [-0.3, -0.25) is 0 Å². The van der Waals surface area contributed by atoms with Gasteiger partial charge in [0.25, 0.3) is 0 Å². The Balaban J connectivity index is 1.80.